The van der Waals surface area contributed by atoms with Crippen molar-refractivity contribution in [3.63, 3.8) is 0 Å². The summed E-state index contributed by atoms with van der Waals surface area (Å²) in [5.41, 5.74) is 3.85. The number of nitrogens with zero attached hydrogens (tertiary/aromatic N) is 2. The van der Waals surface area contributed by atoms with E-state index in [0.29, 0.717) is 5.92 Å². The number of ether oxygens (including phenoxy) is 1. The van der Waals surface area contributed by atoms with E-state index in [1.165, 1.54) is 16.7 Å². The van der Waals surface area contributed by atoms with Gasteiger partial charge in [0, 0.05) is 32.7 Å². The molecule has 2 N–H and O–H groups in total. The third kappa shape index (κ3) is 6.07. The van der Waals surface area contributed by atoms with Crippen molar-refractivity contribution in [3.8, 4) is 0 Å². The Labute approximate surface area is 181 Å². The van der Waals surface area contributed by atoms with Gasteiger partial charge in [-0.1, -0.05) is 60.2 Å². The van der Waals surface area contributed by atoms with Crippen molar-refractivity contribution >= 4 is 5.96 Å². The topological polar surface area (TPSA) is 48.9 Å². The summed E-state index contributed by atoms with van der Waals surface area (Å²) in [5, 5.41) is 7.04. The number of hydrogen-bond acceptors (Lipinski definition) is 3. The monoisotopic (exact) mass is 408 g/mol. The quantitative estimate of drug-likeness (QED) is 0.538. The van der Waals surface area contributed by atoms with E-state index in [-0.39, 0.29) is 12.1 Å². The Morgan fingerprint density at radius 2 is 1.83 bits per heavy atom. The van der Waals surface area contributed by atoms with Crippen LogP contribution < -0.4 is 10.6 Å². The van der Waals surface area contributed by atoms with Gasteiger partial charge in [-0.2, -0.15) is 0 Å². The van der Waals surface area contributed by atoms with E-state index in [2.05, 4.69) is 96.1 Å². The highest BCUT2D eigenvalue weighted by atomic mass is 16.5. The molecule has 30 heavy (non-hydrogen) atoms. The number of hydrogen-bond donors (Lipinski definition) is 2. The normalized spacial score (nSPS) is 20.8. The van der Waals surface area contributed by atoms with Crippen LogP contribution in [-0.4, -0.2) is 51.7 Å². The number of benzene rings is 2. The van der Waals surface area contributed by atoms with Gasteiger partial charge in [0.15, 0.2) is 5.96 Å². The predicted molar refractivity (Wildman–Crippen MR) is 125 cm³/mol. The number of aryl methyl sites for hydroxylation is 1. The maximum atomic E-state index is 6.16. The number of rotatable bonds is 7. The first-order chi connectivity index (χ1) is 14.6. The molecule has 1 aliphatic heterocycles. The minimum atomic E-state index is 0.142. The average molecular weight is 409 g/mol. The molecule has 1 aliphatic rings. The van der Waals surface area contributed by atoms with Crippen molar-refractivity contribution in [2.45, 2.75) is 31.9 Å². The minimum absolute atomic E-state index is 0.142. The highest BCUT2D eigenvalue weighted by molar-refractivity contribution is 5.79. The van der Waals surface area contributed by atoms with E-state index in [1.807, 2.05) is 7.05 Å². The summed E-state index contributed by atoms with van der Waals surface area (Å²) in [5.74, 6) is 1.27. The van der Waals surface area contributed by atoms with Gasteiger partial charge < -0.3 is 20.3 Å². The summed E-state index contributed by atoms with van der Waals surface area (Å²) >= 11 is 0. The lowest BCUT2D eigenvalue weighted by Gasteiger charge is -2.33. The molecule has 3 rings (SSSR count). The van der Waals surface area contributed by atoms with Crippen LogP contribution in [0.25, 0.3) is 0 Å². The van der Waals surface area contributed by atoms with E-state index in [0.717, 1.165) is 38.5 Å². The maximum Gasteiger partial charge on any atom is 0.191 e. The first-order valence-corrected chi connectivity index (χ1v) is 10.9. The lowest BCUT2D eigenvalue weighted by Crippen LogP contribution is -2.44. The molecule has 0 bridgehead atoms. The number of likely N-dealkylation sites (N-methyl/N-ethyl adjacent to an activating group) is 1. The van der Waals surface area contributed by atoms with Gasteiger partial charge >= 0.3 is 0 Å². The molecule has 0 amide bonds. The molecule has 5 nitrogen and oxygen atoms in total. The summed E-state index contributed by atoms with van der Waals surface area (Å²) in [7, 11) is 6.06. The third-order valence-electron chi connectivity index (χ3n) is 5.88. The molecule has 162 valence electrons. The Balaban J connectivity index is 1.57. The van der Waals surface area contributed by atoms with Crippen LogP contribution in [0.4, 0.5) is 0 Å². The predicted octanol–water partition coefficient (Wildman–Crippen LogP) is 3.93. The van der Waals surface area contributed by atoms with Crippen LogP contribution in [0.3, 0.4) is 0 Å². The van der Waals surface area contributed by atoms with Crippen molar-refractivity contribution in [1.29, 1.82) is 0 Å². The first-order valence-electron chi connectivity index (χ1n) is 10.9. The van der Waals surface area contributed by atoms with Crippen molar-refractivity contribution in [1.82, 2.24) is 15.5 Å². The smallest absolute Gasteiger partial charge is 0.191 e. The van der Waals surface area contributed by atoms with Gasteiger partial charge in [0.1, 0.15) is 0 Å². The fourth-order valence-corrected chi connectivity index (χ4v) is 4.09. The van der Waals surface area contributed by atoms with Crippen molar-refractivity contribution < 1.29 is 4.74 Å². The molecule has 5 heteroatoms. The molecule has 1 saturated heterocycles. The molecule has 2 aromatic carbocycles. The Bertz CT molecular complexity index is 789. The summed E-state index contributed by atoms with van der Waals surface area (Å²) in [4.78, 5) is 6.68. The van der Waals surface area contributed by atoms with Crippen LogP contribution in [0.5, 0.6) is 0 Å². The second-order valence-electron chi connectivity index (χ2n) is 8.33. The van der Waals surface area contributed by atoms with E-state index in [4.69, 9.17) is 4.74 Å². The molecule has 3 atom stereocenters. The maximum absolute atomic E-state index is 6.16. The van der Waals surface area contributed by atoms with Gasteiger partial charge in [0.05, 0.1) is 12.1 Å². The fraction of sp³-hybridized carbons (Fsp3) is 0.480. The van der Waals surface area contributed by atoms with Crippen LogP contribution in [-0.2, 0) is 4.74 Å². The zero-order valence-corrected chi connectivity index (χ0v) is 18.8. The molecule has 1 fully saturated rings. The summed E-state index contributed by atoms with van der Waals surface area (Å²) in [6.45, 7) is 4.59. The molecule has 2 aromatic rings. The van der Waals surface area contributed by atoms with Gasteiger partial charge in [0.2, 0.25) is 0 Å². The van der Waals surface area contributed by atoms with Gasteiger partial charge in [-0.15, -0.1) is 0 Å². The van der Waals surface area contributed by atoms with Crippen LogP contribution >= 0.6 is 0 Å². The Morgan fingerprint density at radius 1 is 1.10 bits per heavy atom. The molecule has 0 saturated carbocycles. The van der Waals surface area contributed by atoms with Crippen molar-refractivity contribution in [2.24, 2.45) is 10.9 Å². The summed E-state index contributed by atoms with van der Waals surface area (Å²) in [6, 6.07) is 19.6. The van der Waals surface area contributed by atoms with Crippen LogP contribution in [0.1, 0.15) is 41.7 Å². The molecule has 0 spiro atoms. The lowest BCUT2D eigenvalue weighted by atomic mass is 9.89. The van der Waals surface area contributed by atoms with Gasteiger partial charge in [-0.3, -0.25) is 4.99 Å². The van der Waals surface area contributed by atoms with Gasteiger partial charge in [-0.05, 0) is 45.0 Å². The van der Waals surface area contributed by atoms with E-state index in [1.54, 1.807) is 0 Å². The van der Waals surface area contributed by atoms with Crippen LogP contribution in [0, 0.1) is 12.8 Å². The number of guanidine groups is 1. The van der Waals surface area contributed by atoms with Crippen molar-refractivity contribution in [3.05, 3.63) is 71.3 Å². The van der Waals surface area contributed by atoms with E-state index >= 15 is 0 Å². The molecule has 3 unspecified atom stereocenters. The second-order valence-corrected chi connectivity index (χ2v) is 8.33. The molecule has 0 aromatic heterocycles. The fourth-order valence-electron chi connectivity index (χ4n) is 4.09. The third-order valence-corrected chi connectivity index (χ3v) is 5.88. The Hall–Kier alpha value is -2.37. The largest absolute Gasteiger partial charge is 0.373 e. The summed E-state index contributed by atoms with van der Waals surface area (Å²) < 4.78 is 6.16. The lowest BCUT2D eigenvalue weighted by molar-refractivity contribution is -0.0265. The molecule has 0 radical (unpaired) electrons. The standard InChI is InChI=1S/C25H36N4O/c1-19-12-14-21(15-13-19)24-22(11-8-16-30-24)17-27-25(26-2)28-18-23(29(3)4)20-9-6-5-7-10-20/h5-7,9-10,12-15,22-24H,8,11,16-18H2,1-4H3,(H2,26,27,28). The number of aliphatic imine (C=N–C) groups is 1. The second kappa shape index (κ2) is 11.1. The van der Waals surface area contributed by atoms with E-state index in [9.17, 15) is 0 Å². The minimum Gasteiger partial charge on any atom is -0.373 e. The van der Waals surface area contributed by atoms with Gasteiger partial charge in [-0.25, -0.2) is 0 Å². The van der Waals surface area contributed by atoms with Gasteiger partial charge in [0.25, 0.3) is 0 Å². The molecule has 0 aliphatic carbocycles. The van der Waals surface area contributed by atoms with Crippen LogP contribution in [0.2, 0.25) is 0 Å². The summed E-state index contributed by atoms with van der Waals surface area (Å²) in [6.07, 6.45) is 2.41. The zero-order valence-electron chi connectivity index (χ0n) is 18.8. The highest BCUT2D eigenvalue weighted by Gasteiger charge is 2.27. The SMILES string of the molecule is CN=C(NCC1CCCOC1c1ccc(C)cc1)NCC(c1ccccc1)N(C)C. The highest BCUT2D eigenvalue weighted by Crippen LogP contribution is 2.33. The number of nitrogens with one attached hydrogen (secondary N) is 2. The molecular formula is C25H36N4O. The average Bonchev–Trinajstić information content (AvgIpc) is 2.77. The van der Waals surface area contributed by atoms with Crippen molar-refractivity contribution in [2.75, 3.05) is 40.8 Å². The van der Waals surface area contributed by atoms with Crippen LogP contribution in [0.15, 0.2) is 59.6 Å². The Morgan fingerprint density at radius 3 is 2.50 bits per heavy atom. The Kier molecular flexibility index (Phi) is 8.29. The van der Waals surface area contributed by atoms with E-state index < -0.39 is 0 Å². The molecule has 1 heterocycles. The first kappa shape index (κ1) is 22.3. The zero-order chi connectivity index (χ0) is 21.3. The molecular weight excluding hydrogens is 372 g/mol.